The number of nitrogens with zero attached hydrogens (tertiary/aromatic N) is 3. The van der Waals surface area contributed by atoms with E-state index in [2.05, 4.69) is 15.2 Å². The smallest absolute Gasteiger partial charge is 0.231 e. The maximum Gasteiger partial charge on any atom is 0.231 e. The third-order valence-corrected chi connectivity index (χ3v) is 3.78. The van der Waals surface area contributed by atoms with E-state index in [0.717, 1.165) is 23.5 Å². The molecule has 0 aliphatic carbocycles. The minimum Gasteiger partial charge on any atom is -0.504 e. The van der Waals surface area contributed by atoms with Crippen LogP contribution >= 0.6 is 11.3 Å². The fourth-order valence-corrected chi connectivity index (χ4v) is 2.45. The summed E-state index contributed by atoms with van der Waals surface area (Å²) in [7, 11) is 0. The van der Waals surface area contributed by atoms with E-state index in [4.69, 9.17) is 0 Å². The predicted molar refractivity (Wildman–Crippen MR) is 82.3 cm³/mol. The molecule has 2 aromatic carbocycles. The van der Waals surface area contributed by atoms with Crippen LogP contribution in [0.3, 0.4) is 0 Å². The van der Waals surface area contributed by atoms with Crippen LogP contribution in [0, 0.1) is 11.6 Å². The zero-order valence-corrected chi connectivity index (χ0v) is 12.3. The molecule has 3 aromatic rings. The Morgan fingerprint density at radius 3 is 2.52 bits per heavy atom. The van der Waals surface area contributed by atoms with Gasteiger partial charge in [-0.15, -0.1) is 10.2 Å². The van der Waals surface area contributed by atoms with Gasteiger partial charge in [0.1, 0.15) is 5.01 Å². The highest BCUT2D eigenvalue weighted by molar-refractivity contribution is 7.18. The van der Waals surface area contributed by atoms with Crippen LogP contribution in [0.4, 0.5) is 13.9 Å². The molecule has 0 unspecified atom stereocenters. The maximum atomic E-state index is 13.1. The molecule has 23 heavy (non-hydrogen) atoms. The molecule has 5 nitrogen and oxygen atoms in total. The van der Waals surface area contributed by atoms with Gasteiger partial charge in [0.25, 0.3) is 0 Å². The van der Waals surface area contributed by atoms with Crippen LogP contribution in [0.25, 0.3) is 10.6 Å². The van der Waals surface area contributed by atoms with Crippen molar-refractivity contribution in [3.8, 4) is 22.1 Å². The van der Waals surface area contributed by atoms with Crippen molar-refractivity contribution in [1.82, 2.24) is 10.2 Å². The number of rotatable bonds is 3. The zero-order valence-electron chi connectivity index (χ0n) is 11.4. The van der Waals surface area contributed by atoms with E-state index in [1.807, 2.05) is 0 Å². The van der Waals surface area contributed by atoms with E-state index in [1.54, 1.807) is 6.07 Å². The predicted octanol–water partition coefficient (Wildman–Crippen LogP) is 3.65. The number of phenolic OH excluding ortho intramolecular Hbond substituents is 2. The molecule has 1 aromatic heterocycles. The number of aromatic hydroxyl groups is 2. The summed E-state index contributed by atoms with van der Waals surface area (Å²) in [4.78, 5) is 4.05. The Labute approximate surface area is 133 Å². The van der Waals surface area contributed by atoms with Crippen molar-refractivity contribution >= 4 is 22.7 Å². The molecular weight excluding hydrogens is 324 g/mol. The van der Waals surface area contributed by atoms with Gasteiger partial charge in [0.05, 0.1) is 0 Å². The molecule has 0 saturated heterocycles. The summed E-state index contributed by atoms with van der Waals surface area (Å²) in [6, 6.07) is 7.72. The molecular formula is C15H9F2N3O2S. The minimum absolute atomic E-state index is 0.227. The number of aliphatic imine (C=N–C) groups is 1. The quantitative estimate of drug-likeness (QED) is 0.566. The Bertz CT molecular complexity index is 896. The van der Waals surface area contributed by atoms with Crippen LogP contribution in [0.5, 0.6) is 11.5 Å². The lowest BCUT2D eigenvalue weighted by Crippen LogP contribution is -1.87. The molecule has 0 radical (unpaired) electrons. The van der Waals surface area contributed by atoms with Gasteiger partial charge in [-0.2, -0.15) is 0 Å². The van der Waals surface area contributed by atoms with Gasteiger partial charge in [-0.05, 0) is 35.9 Å². The van der Waals surface area contributed by atoms with Crippen LogP contribution in [-0.4, -0.2) is 26.6 Å². The molecule has 0 atom stereocenters. The second-order valence-electron chi connectivity index (χ2n) is 4.53. The number of benzene rings is 2. The van der Waals surface area contributed by atoms with Crippen molar-refractivity contribution in [1.29, 1.82) is 0 Å². The fourth-order valence-electron chi connectivity index (χ4n) is 1.76. The second kappa shape index (κ2) is 6.09. The third-order valence-electron chi connectivity index (χ3n) is 2.90. The molecule has 3 rings (SSSR count). The van der Waals surface area contributed by atoms with Crippen molar-refractivity contribution in [3.05, 3.63) is 53.6 Å². The number of phenols is 2. The highest BCUT2D eigenvalue weighted by Gasteiger charge is 2.08. The molecule has 0 saturated carbocycles. The van der Waals surface area contributed by atoms with Gasteiger partial charge < -0.3 is 10.2 Å². The first-order chi connectivity index (χ1) is 11.0. The average molecular weight is 333 g/mol. The largest absolute Gasteiger partial charge is 0.504 e. The molecule has 0 amide bonds. The topological polar surface area (TPSA) is 78.6 Å². The van der Waals surface area contributed by atoms with Gasteiger partial charge in [0.15, 0.2) is 23.1 Å². The molecule has 116 valence electrons. The van der Waals surface area contributed by atoms with E-state index in [0.29, 0.717) is 21.3 Å². The second-order valence-corrected chi connectivity index (χ2v) is 5.48. The summed E-state index contributed by atoms with van der Waals surface area (Å²) in [6.07, 6.45) is 1.35. The van der Waals surface area contributed by atoms with Gasteiger partial charge in [0.2, 0.25) is 5.13 Å². The van der Waals surface area contributed by atoms with Gasteiger partial charge in [0, 0.05) is 11.8 Å². The van der Waals surface area contributed by atoms with Gasteiger partial charge in [-0.25, -0.2) is 13.8 Å². The molecule has 8 heteroatoms. The molecule has 0 fully saturated rings. The summed E-state index contributed by atoms with van der Waals surface area (Å²) in [5.41, 5.74) is 0.968. The minimum atomic E-state index is -0.952. The standard InChI is InChI=1S/C15H9F2N3O2S/c16-10-3-1-8(5-11(10)17)7-18-15-20-19-14(23-15)9-2-4-12(21)13(22)6-9/h1-7,21-22H. The summed E-state index contributed by atoms with van der Waals surface area (Å²) in [5, 5.41) is 27.4. The van der Waals surface area contributed by atoms with E-state index in [-0.39, 0.29) is 11.5 Å². The summed E-state index contributed by atoms with van der Waals surface area (Å²) >= 11 is 1.15. The van der Waals surface area contributed by atoms with E-state index < -0.39 is 11.6 Å². The molecule has 0 spiro atoms. The fraction of sp³-hybridized carbons (Fsp3) is 0. The van der Waals surface area contributed by atoms with Crippen molar-refractivity contribution in [2.75, 3.05) is 0 Å². The maximum absolute atomic E-state index is 13.1. The van der Waals surface area contributed by atoms with Crippen molar-refractivity contribution in [2.24, 2.45) is 4.99 Å². The van der Waals surface area contributed by atoms with Crippen LogP contribution in [0.2, 0.25) is 0 Å². The molecule has 1 heterocycles. The van der Waals surface area contributed by atoms with E-state index >= 15 is 0 Å². The van der Waals surface area contributed by atoms with Gasteiger partial charge in [-0.1, -0.05) is 17.4 Å². The Kier molecular flexibility index (Phi) is 3.98. The number of aromatic nitrogens is 2. The molecule has 0 aliphatic rings. The van der Waals surface area contributed by atoms with Crippen molar-refractivity contribution < 1.29 is 19.0 Å². The van der Waals surface area contributed by atoms with Crippen LogP contribution in [0.1, 0.15) is 5.56 Å². The molecule has 0 bridgehead atoms. The Morgan fingerprint density at radius 2 is 1.78 bits per heavy atom. The lowest BCUT2D eigenvalue weighted by molar-refractivity contribution is 0.404. The summed E-state index contributed by atoms with van der Waals surface area (Å²) in [6.45, 7) is 0. The van der Waals surface area contributed by atoms with Gasteiger partial charge >= 0.3 is 0 Å². The highest BCUT2D eigenvalue weighted by atomic mass is 32.1. The summed E-state index contributed by atoms with van der Waals surface area (Å²) < 4.78 is 25.9. The zero-order chi connectivity index (χ0) is 16.4. The SMILES string of the molecule is Oc1ccc(-c2nnc(N=Cc3ccc(F)c(F)c3)s2)cc1O. The third kappa shape index (κ3) is 3.32. The van der Waals surface area contributed by atoms with Gasteiger partial charge in [-0.3, -0.25) is 0 Å². The first-order valence-electron chi connectivity index (χ1n) is 6.38. The van der Waals surface area contributed by atoms with E-state index in [9.17, 15) is 19.0 Å². The van der Waals surface area contributed by atoms with Crippen LogP contribution in [-0.2, 0) is 0 Å². The average Bonchev–Trinajstić information content (AvgIpc) is 3.00. The molecule has 2 N–H and O–H groups in total. The molecule has 0 aliphatic heterocycles. The van der Waals surface area contributed by atoms with Crippen molar-refractivity contribution in [3.63, 3.8) is 0 Å². The number of halogens is 2. The first kappa shape index (κ1) is 15.0. The van der Waals surface area contributed by atoms with Crippen molar-refractivity contribution in [2.45, 2.75) is 0 Å². The Morgan fingerprint density at radius 1 is 0.957 bits per heavy atom. The van der Waals surface area contributed by atoms with E-state index in [1.165, 1.54) is 24.4 Å². The van der Waals surface area contributed by atoms with Crippen LogP contribution < -0.4 is 0 Å². The Balaban J connectivity index is 1.82. The number of hydrogen-bond acceptors (Lipinski definition) is 6. The van der Waals surface area contributed by atoms with Crippen LogP contribution in [0.15, 0.2) is 41.4 Å². The monoisotopic (exact) mass is 333 g/mol. The lowest BCUT2D eigenvalue weighted by atomic mass is 10.2. The highest BCUT2D eigenvalue weighted by Crippen LogP contribution is 2.33. The normalized spacial score (nSPS) is 11.2. The number of hydrogen-bond donors (Lipinski definition) is 2. The lowest BCUT2D eigenvalue weighted by Gasteiger charge is -1.98. The Hall–Kier alpha value is -2.87. The first-order valence-corrected chi connectivity index (χ1v) is 7.19. The summed E-state index contributed by atoms with van der Waals surface area (Å²) in [5.74, 6) is -2.36.